The number of aliphatic hydroxyl groups excluding tert-OH is 2. The van der Waals surface area contributed by atoms with Crippen LogP contribution in [0.25, 0.3) is 0 Å². The van der Waals surface area contributed by atoms with Crippen LogP contribution in [0.15, 0.2) is 60.7 Å². The van der Waals surface area contributed by atoms with Crippen molar-refractivity contribution in [3.8, 4) is 12.3 Å². The van der Waals surface area contributed by atoms with Gasteiger partial charge in [-0.25, -0.2) is 0 Å². The molecule has 1 saturated carbocycles. The van der Waals surface area contributed by atoms with E-state index >= 15 is 0 Å². The molecule has 2 aromatic carbocycles. The minimum absolute atomic E-state index is 0.0379. The van der Waals surface area contributed by atoms with Crippen molar-refractivity contribution in [3.63, 3.8) is 0 Å². The molecule has 6 atom stereocenters. The third-order valence-corrected chi connectivity index (χ3v) is 10.6. The molecule has 4 N–H and O–H groups in total. The quantitative estimate of drug-likeness (QED) is 0.154. The molecule has 9 heteroatoms. The summed E-state index contributed by atoms with van der Waals surface area (Å²) in [6, 6.07) is 18.0. The van der Waals surface area contributed by atoms with Gasteiger partial charge in [-0.1, -0.05) is 107 Å². The van der Waals surface area contributed by atoms with Gasteiger partial charge in [-0.2, -0.15) is 0 Å². The van der Waals surface area contributed by atoms with E-state index in [-0.39, 0.29) is 24.0 Å². The third kappa shape index (κ3) is 14.2. The van der Waals surface area contributed by atoms with Crippen LogP contribution in [0.1, 0.15) is 76.3 Å². The molecule has 0 aromatic heterocycles. The van der Waals surface area contributed by atoms with Crippen LogP contribution >= 0.6 is 0 Å². The Bertz CT molecular complexity index is 1300. The summed E-state index contributed by atoms with van der Waals surface area (Å²) in [4.78, 5) is 29.7. The Kier molecular flexibility index (Phi) is 17.4. The van der Waals surface area contributed by atoms with Crippen molar-refractivity contribution in [2.75, 3.05) is 25.1 Å². The predicted molar refractivity (Wildman–Crippen MR) is 194 cm³/mol. The molecule has 48 heavy (non-hydrogen) atoms. The minimum atomic E-state index is -1.29. The standard InChI is InChI=1S/C39H57N3O5S/c1-5-15-34(39(46)41-35(26-31-18-11-7-12-19-31)37(44)36(43)24-29(2)3)40-38(45)33(25-30-16-9-6-10-17-30)28-48(47)23-22-42(4)27-32-20-13-8-14-21-32/h1,6,8-10,13-14,16-17,20-21,29,31,33-37,43-44H,7,11-12,15,18-19,22-28H2,2-4H3,(H,40,45)(H,41,46)/t33?,34-,35?,36?,37+,48?/m0/s1. The van der Waals surface area contributed by atoms with Gasteiger partial charge in [-0.15, -0.1) is 12.3 Å². The molecule has 0 saturated heterocycles. The van der Waals surface area contributed by atoms with E-state index in [1.54, 1.807) is 0 Å². The smallest absolute Gasteiger partial charge is 0.243 e. The molecule has 2 aromatic rings. The number of nitrogens with one attached hydrogen (secondary N) is 2. The van der Waals surface area contributed by atoms with E-state index in [0.29, 0.717) is 37.5 Å². The van der Waals surface area contributed by atoms with Gasteiger partial charge >= 0.3 is 0 Å². The lowest BCUT2D eigenvalue weighted by Gasteiger charge is -2.33. The van der Waals surface area contributed by atoms with Crippen LogP contribution in [0.2, 0.25) is 0 Å². The molecule has 0 heterocycles. The second-order valence-electron chi connectivity index (χ2n) is 13.9. The fourth-order valence-electron chi connectivity index (χ4n) is 6.52. The normalized spacial score (nSPS) is 17.5. The summed E-state index contributed by atoms with van der Waals surface area (Å²) in [6.07, 6.45) is 10.3. The molecule has 1 fully saturated rings. The van der Waals surface area contributed by atoms with Gasteiger partial charge in [0.2, 0.25) is 11.8 Å². The maximum absolute atomic E-state index is 13.8. The van der Waals surface area contributed by atoms with Crippen molar-refractivity contribution < 1.29 is 24.0 Å². The van der Waals surface area contributed by atoms with Gasteiger partial charge in [0, 0.05) is 41.8 Å². The topological polar surface area (TPSA) is 119 Å². The Morgan fingerprint density at radius 1 is 0.958 bits per heavy atom. The van der Waals surface area contributed by atoms with Gasteiger partial charge in [-0.3, -0.25) is 13.8 Å². The lowest BCUT2D eigenvalue weighted by Crippen LogP contribution is -2.56. The number of carbonyl (C=O) groups excluding carboxylic acids is 2. The van der Waals surface area contributed by atoms with Crippen molar-refractivity contribution in [1.82, 2.24) is 15.5 Å². The average molecular weight is 680 g/mol. The lowest BCUT2D eigenvalue weighted by atomic mass is 9.82. The summed E-state index contributed by atoms with van der Waals surface area (Å²) < 4.78 is 13.3. The molecule has 3 rings (SSSR count). The summed E-state index contributed by atoms with van der Waals surface area (Å²) in [5, 5.41) is 27.8. The Labute approximate surface area is 290 Å². The molecule has 1 aliphatic rings. The second-order valence-corrected chi connectivity index (χ2v) is 15.6. The van der Waals surface area contributed by atoms with Crippen LogP contribution in [0.5, 0.6) is 0 Å². The number of hydrogen-bond acceptors (Lipinski definition) is 6. The zero-order valence-electron chi connectivity index (χ0n) is 29.1. The van der Waals surface area contributed by atoms with Crippen molar-refractivity contribution in [3.05, 3.63) is 71.8 Å². The number of benzene rings is 2. The highest BCUT2D eigenvalue weighted by Gasteiger charge is 2.34. The molecule has 4 unspecified atom stereocenters. The fourth-order valence-corrected chi connectivity index (χ4v) is 7.92. The summed E-state index contributed by atoms with van der Waals surface area (Å²) in [6.45, 7) is 5.30. The molecule has 8 nitrogen and oxygen atoms in total. The first-order valence-corrected chi connectivity index (χ1v) is 19.1. The van der Waals surface area contributed by atoms with E-state index in [1.165, 1.54) is 12.0 Å². The fraction of sp³-hybridized carbons (Fsp3) is 0.590. The number of terminal acetylenes is 1. The average Bonchev–Trinajstić information content (AvgIpc) is 3.07. The first-order chi connectivity index (χ1) is 23.0. The van der Waals surface area contributed by atoms with Gasteiger partial charge in [-0.05, 0) is 49.3 Å². The molecule has 0 radical (unpaired) electrons. The Balaban J connectivity index is 1.70. The third-order valence-electron chi connectivity index (χ3n) is 9.19. The summed E-state index contributed by atoms with van der Waals surface area (Å²) >= 11 is 0. The van der Waals surface area contributed by atoms with Crippen LogP contribution in [0, 0.1) is 30.1 Å². The molecule has 264 valence electrons. The molecule has 0 aliphatic heterocycles. The van der Waals surface area contributed by atoms with Gasteiger partial charge in [0.05, 0.1) is 18.1 Å². The van der Waals surface area contributed by atoms with E-state index in [4.69, 9.17) is 6.42 Å². The van der Waals surface area contributed by atoms with Gasteiger partial charge in [0.1, 0.15) is 12.1 Å². The number of aliphatic hydroxyl groups is 2. The summed E-state index contributed by atoms with van der Waals surface area (Å²) in [5.74, 6) is 2.07. The number of hydrogen-bond donors (Lipinski definition) is 4. The van der Waals surface area contributed by atoms with Gasteiger partial charge < -0.3 is 25.7 Å². The zero-order valence-corrected chi connectivity index (χ0v) is 29.9. The molecule has 0 spiro atoms. The van der Waals surface area contributed by atoms with Crippen molar-refractivity contribution in [2.45, 2.75) is 102 Å². The highest BCUT2D eigenvalue weighted by Crippen LogP contribution is 2.29. The van der Waals surface area contributed by atoms with Crippen LogP contribution in [-0.2, 0) is 33.4 Å². The van der Waals surface area contributed by atoms with Crippen molar-refractivity contribution in [1.29, 1.82) is 0 Å². The molecule has 1 aliphatic carbocycles. The molecular weight excluding hydrogens is 623 g/mol. The minimum Gasteiger partial charge on any atom is -0.390 e. The van der Waals surface area contributed by atoms with E-state index in [1.807, 2.05) is 69.4 Å². The van der Waals surface area contributed by atoms with Gasteiger partial charge in [0.25, 0.3) is 0 Å². The first-order valence-electron chi connectivity index (χ1n) is 17.6. The maximum Gasteiger partial charge on any atom is 0.243 e. The maximum atomic E-state index is 13.8. The van der Waals surface area contributed by atoms with Crippen LogP contribution in [0.4, 0.5) is 0 Å². The Morgan fingerprint density at radius 3 is 2.19 bits per heavy atom. The first kappa shape index (κ1) is 39.4. The van der Waals surface area contributed by atoms with Crippen LogP contribution < -0.4 is 10.6 Å². The van der Waals surface area contributed by atoms with Crippen molar-refractivity contribution >= 4 is 22.6 Å². The highest BCUT2D eigenvalue weighted by molar-refractivity contribution is 7.85. The van der Waals surface area contributed by atoms with Gasteiger partial charge in [0.15, 0.2) is 0 Å². The van der Waals surface area contributed by atoms with Crippen LogP contribution in [-0.4, -0.2) is 80.5 Å². The second kappa shape index (κ2) is 21.1. The van der Waals surface area contributed by atoms with E-state index in [0.717, 1.165) is 37.8 Å². The van der Waals surface area contributed by atoms with E-state index in [9.17, 15) is 24.0 Å². The lowest BCUT2D eigenvalue weighted by molar-refractivity contribution is -0.132. The monoisotopic (exact) mass is 679 g/mol. The predicted octanol–water partition coefficient (Wildman–Crippen LogP) is 4.46. The molecular formula is C39H57N3O5S. The number of rotatable bonds is 20. The summed E-state index contributed by atoms with van der Waals surface area (Å²) in [7, 11) is 0.701. The van der Waals surface area contributed by atoms with Crippen molar-refractivity contribution in [2.24, 2.45) is 17.8 Å². The van der Waals surface area contributed by atoms with Crippen LogP contribution in [0.3, 0.4) is 0 Å². The number of amides is 2. The SMILES string of the molecule is C#CC[C@H](NC(=O)C(Cc1ccccc1)CS(=O)CCN(C)Cc1ccccc1)C(=O)NC(CC1CCCCC1)[C@@H](O)C(O)CC(C)C. The molecule has 2 amide bonds. The number of carbonyl (C=O) groups is 2. The molecule has 0 bridgehead atoms. The van der Waals surface area contributed by atoms with E-state index in [2.05, 4.69) is 33.6 Å². The zero-order chi connectivity index (χ0) is 34.9. The largest absolute Gasteiger partial charge is 0.390 e. The van der Waals surface area contributed by atoms with E-state index < -0.39 is 46.9 Å². The summed E-state index contributed by atoms with van der Waals surface area (Å²) in [5.41, 5.74) is 2.11. The Hall–Kier alpha value is -3.03. The Morgan fingerprint density at radius 2 is 1.58 bits per heavy atom. The number of nitrogens with zero attached hydrogens (tertiary/aromatic N) is 1. The highest BCUT2D eigenvalue weighted by atomic mass is 32.2.